The predicted octanol–water partition coefficient (Wildman–Crippen LogP) is 2.41. The molecule has 5 heteroatoms. The molecule has 0 bridgehead atoms. The molecule has 1 N–H and O–H groups in total. The fraction of sp³-hybridized carbons (Fsp3) is 0.857. The number of amides is 2. The molecule has 0 aromatic carbocycles. The summed E-state index contributed by atoms with van der Waals surface area (Å²) in [4.78, 5) is 24.6. The van der Waals surface area contributed by atoms with E-state index in [4.69, 9.17) is 4.74 Å². The van der Waals surface area contributed by atoms with Crippen LogP contribution in [0.15, 0.2) is 0 Å². The van der Waals surface area contributed by atoms with Crippen LogP contribution in [0, 0.1) is 5.92 Å². The summed E-state index contributed by atoms with van der Waals surface area (Å²) in [6, 6.07) is 0. The largest absolute Gasteiger partial charge is 0.444 e. The molecule has 0 aliphatic heterocycles. The van der Waals surface area contributed by atoms with Gasteiger partial charge in [-0.3, -0.25) is 4.79 Å². The molecular formula is C14H28N2O3. The third-order valence-corrected chi connectivity index (χ3v) is 2.29. The van der Waals surface area contributed by atoms with Gasteiger partial charge in [0.25, 0.3) is 0 Å². The zero-order valence-corrected chi connectivity index (χ0v) is 13.1. The third kappa shape index (κ3) is 10.4. The van der Waals surface area contributed by atoms with Gasteiger partial charge in [-0.2, -0.15) is 0 Å². The maximum Gasteiger partial charge on any atom is 0.410 e. The van der Waals surface area contributed by atoms with Gasteiger partial charge in [0.15, 0.2) is 0 Å². The van der Waals surface area contributed by atoms with E-state index < -0.39 is 5.60 Å². The standard InChI is InChI=1S/C14H28N2O3/c1-11(2)10-12(17)15-8-7-9-16(6)13(18)19-14(3,4)5/h11H,7-10H2,1-6H3,(H,15,17). The van der Waals surface area contributed by atoms with Crippen molar-refractivity contribution in [2.75, 3.05) is 20.1 Å². The van der Waals surface area contributed by atoms with Crippen LogP contribution >= 0.6 is 0 Å². The maximum absolute atomic E-state index is 11.6. The number of rotatable bonds is 6. The average Bonchev–Trinajstić information content (AvgIpc) is 2.20. The first-order valence-electron chi connectivity index (χ1n) is 6.82. The first kappa shape index (κ1) is 17.7. The third-order valence-electron chi connectivity index (χ3n) is 2.29. The molecule has 5 nitrogen and oxygen atoms in total. The minimum Gasteiger partial charge on any atom is -0.444 e. The Hall–Kier alpha value is -1.26. The maximum atomic E-state index is 11.6. The number of ether oxygens (including phenoxy) is 1. The second-order valence-electron chi connectivity index (χ2n) is 6.20. The first-order valence-corrected chi connectivity index (χ1v) is 6.82. The molecule has 0 unspecified atom stereocenters. The Balaban J connectivity index is 3.77. The zero-order chi connectivity index (χ0) is 15.1. The van der Waals surface area contributed by atoms with Crippen LogP contribution in [0.1, 0.15) is 47.5 Å². The van der Waals surface area contributed by atoms with E-state index in [1.54, 1.807) is 7.05 Å². The molecule has 0 fully saturated rings. The Morgan fingerprint density at radius 3 is 2.32 bits per heavy atom. The van der Waals surface area contributed by atoms with E-state index in [0.717, 1.165) is 6.42 Å². The van der Waals surface area contributed by atoms with Crippen LogP contribution in [0.4, 0.5) is 4.79 Å². The van der Waals surface area contributed by atoms with Gasteiger partial charge in [0.1, 0.15) is 5.60 Å². The topological polar surface area (TPSA) is 58.6 Å². The molecule has 0 aliphatic rings. The van der Waals surface area contributed by atoms with Gasteiger partial charge >= 0.3 is 6.09 Å². The van der Waals surface area contributed by atoms with Gasteiger partial charge in [-0.1, -0.05) is 13.8 Å². The molecule has 0 aliphatic carbocycles. The lowest BCUT2D eigenvalue weighted by Gasteiger charge is -2.24. The first-order chi connectivity index (χ1) is 8.61. The number of nitrogens with zero attached hydrogens (tertiary/aromatic N) is 1. The average molecular weight is 272 g/mol. The summed E-state index contributed by atoms with van der Waals surface area (Å²) < 4.78 is 5.23. The normalized spacial score (nSPS) is 11.3. The minimum absolute atomic E-state index is 0.0647. The fourth-order valence-corrected chi connectivity index (χ4v) is 1.42. The molecule has 0 radical (unpaired) electrons. The quantitative estimate of drug-likeness (QED) is 0.755. The highest BCUT2D eigenvalue weighted by Gasteiger charge is 2.19. The van der Waals surface area contributed by atoms with Crippen molar-refractivity contribution < 1.29 is 14.3 Å². The van der Waals surface area contributed by atoms with E-state index in [-0.39, 0.29) is 12.0 Å². The second kappa shape index (κ2) is 8.02. The van der Waals surface area contributed by atoms with Gasteiger partial charge < -0.3 is 15.0 Å². The Bertz CT molecular complexity index is 296. The summed E-state index contributed by atoms with van der Waals surface area (Å²) in [5, 5.41) is 2.84. The van der Waals surface area contributed by atoms with Crippen molar-refractivity contribution in [1.82, 2.24) is 10.2 Å². The van der Waals surface area contributed by atoms with Gasteiger partial charge in [-0.05, 0) is 33.1 Å². The number of carbonyl (C=O) groups excluding carboxylic acids is 2. The highest BCUT2D eigenvalue weighted by Crippen LogP contribution is 2.09. The second-order valence-corrected chi connectivity index (χ2v) is 6.20. The number of carbonyl (C=O) groups is 2. The lowest BCUT2D eigenvalue weighted by molar-refractivity contribution is -0.121. The summed E-state index contributed by atoms with van der Waals surface area (Å²) in [5.74, 6) is 0.430. The molecular weight excluding hydrogens is 244 g/mol. The van der Waals surface area contributed by atoms with Crippen molar-refractivity contribution in [1.29, 1.82) is 0 Å². The summed E-state index contributed by atoms with van der Waals surface area (Å²) in [6.07, 6.45) is 0.933. The Morgan fingerprint density at radius 2 is 1.84 bits per heavy atom. The van der Waals surface area contributed by atoms with E-state index in [9.17, 15) is 9.59 Å². The van der Waals surface area contributed by atoms with Crippen molar-refractivity contribution in [2.24, 2.45) is 5.92 Å². The molecule has 0 aromatic heterocycles. The van der Waals surface area contributed by atoms with Gasteiger partial charge in [0, 0.05) is 26.6 Å². The lowest BCUT2D eigenvalue weighted by atomic mass is 10.1. The number of nitrogens with one attached hydrogen (secondary N) is 1. The van der Waals surface area contributed by atoms with E-state index in [1.807, 2.05) is 34.6 Å². The molecule has 112 valence electrons. The Kier molecular flexibility index (Phi) is 7.49. The highest BCUT2D eigenvalue weighted by molar-refractivity contribution is 5.76. The van der Waals surface area contributed by atoms with Crippen LogP contribution in [-0.4, -0.2) is 42.6 Å². The molecule has 0 spiro atoms. The molecule has 0 saturated heterocycles. The van der Waals surface area contributed by atoms with Crippen LogP contribution in [0.3, 0.4) is 0 Å². The van der Waals surface area contributed by atoms with Gasteiger partial charge in [0.05, 0.1) is 0 Å². The molecule has 0 aromatic rings. The molecule has 0 saturated carbocycles. The van der Waals surface area contributed by atoms with E-state index in [1.165, 1.54) is 4.90 Å². The summed E-state index contributed by atoms with van der Waals surface area (Å²) >= 11 is 0. The molecule has 0 rings (SSSR count). The van der Waals surface area contributed by atoms with Crippen molar-refractivity contribution >= 4 is 12.0 Å². The van der Waals surface area contributed by atoms with Gasteiger partial charge in [0.2, 0.25) is 5.91 Å². The van der Waals surface area contributed by atoms with Crippen LogP contribution < -0.4 is 5.32 Å². The van der Waals surface area contributed by atoms with E-state index in [2.05, 4.69) is 5.32 Å². The number of hydrogen-bond donors (Lipinski definition) is 1. The highest BCUT2D eigenvalue weighted by atomic mass is 16.6. The predicted molar refractivity (Wildman–Crippen MR) is 75.9 cm³/mol. The van der Waals surface area contributed by atoms with Crippen LogP contribution in [0.25, 0.3) is 0 Å². The van der Waals surface area contributed by atoms with Gasteiger partial charge in [-0.25, -0.2) is 4.79 Å². The Labute approximate surface area is 116 Å². The fourth-order valence-electron chi connectivity index (χ4n) is 1.42. The lowest BCUT2D eigenvalue weighted by Crippen LogP contribution is -2.36. The molecule has 0 atom stereocenters. The Morgan fingerprint density at radius 1 is 1.26 bits per heavy atom. The van der Waals surface area contributed by atoms with Crippen molar-refractivity contribution in [2.45, 2.75) is 53.1 Å². The van der Waals surface area contributed by atoms with Crippen molar-refractivity contribution in [3.05, 3.63) is 0 Å². The van der Waals surface area contributed by atoms with Crippen LogP contribution in [0.5, 0.6) is 0 Å². The molecule has 19 heavy (non-hydrogen) atoms. The molecule has 2 amide bonds. The van der Waals surface area contributed by atoms with E-state index in [0.29, 0.717) is 25.4 Å². The van der Waals surface area contributed by atoms with Gasteiger partial charge in [-0.15, -0.1) is 0 Å². The zero-order valence-electron chi connectivity index (χ0n) is 13.1. The number of hydrogen-bond acceptors (Lipinski definition) is 3. The van der Waals surface area contributed by atoms with Crippen LogP contribution in [0.2, 0.25) is 0 Å². The SMILES string of the molecule is CC(C)CC(=O)NCCCN(C)C(=O)OC(C)(C)C. The monoisotopic (exact) mass is 272 g/mol. The van der Waals surface area contributed by atoms with E-state index >= 15 is 0 Å². The summed E-state index contributed by atoms with van der Waals surface area (Å²) in [7, 11) is 1.70. The summed E-state index contributed by atoms with van der Waals surface area (Å²) in [5.41, 5.74) is -0.475. The molecule has 0 heterocycles. The minimum atomic E-state index is -0.475. The summed E-state index contributed by atoms with van der Waals surface area (Å²) in [6.45, 7) is 10.7. The van der Waals surface area contributed by atoms with Crippen molar-refractivity contribution in [3.63, 3.8) is 0 Å². The van der Waals surface area contributed by atoms with Crippen molar-refractivity contribution in [3.8, 4) is 0 Å². The van der Waals surface area contributed by atoms with Crippen LogP contribution in [-0.2, 0) is 9.53 Å². The smallest absolute Gasteiger partial charge is 0.410 e.